The number of benzene rings is 2. The molecule has 0 aliphatic heterocycles. The topological polar surface area (TPSA) is 21.3 Å². The van der Waals surface area contributed by atoms with Crippen LogP contribution in [0.1, 0.15) is 29.2 Å². The maximum atomic E-state index is 5.93. The molecule has 21 heavy (non-hydrogen) atoms. The van der Waals surface area contributed by atoms with Gasteiger partial charge >= 0.3 is 0 Å². The Hall–Kier alpha value is -1.80. The van der Waals surface area contributed by atoms with Gasteiger partial charge in [-0.1, -0.05) is 43.3 Å². The first-order chi connectivity index (χ1) is 10.2. The standard InChI is InChI=1S/C19H25NO/c1-4-20-12-11-17-7-9-18(10-8-17)14-21-19-13-15(2)5-6-16(19)3/h5-10,13,20H,4,11-12,14H2,1-3H3. The average Bonchev–Trinajstić information content (AvgIpc) is 2.50. The van der Waals surface area contributed by atoms with Crippen LogP contribution in [-0.4, -0.2) is 13.1 Å². The van der Waals surface area contributed by atoms with E-state index in [-0.39, 0.29) is 0 Å². The number of hydrogen-bond donors (Lipinski definition) is 1. The Morgan fingerprint density at radius 1 is 0.952 bits per heavy atom. The van der Waals surface area contributed by atoms with Crippen molar-refractivity contribution in [2.24, 2.45) is 0 Å². The fraction of sp³-hybridized carbons (Fsp3) is 0.368. The lowest BCUT2D eigenvalue weighted by molar-refractivity contribution is 0.304. The Morgan fingerprint density at radius 3 is 2.38 bits per heavy atom. The highest BCUT2D eigenvalue weighted by molar-refractivity contribution is 5.36. The summed E-state index contributed by atoms with van der Waals surface area (Å²) >= 11 is 0. The molecule has 2 aromatic rings. The number of hydrogen-bond acceptors (Lipinski definition) is 2. The largest absolute Gasteiger partial charge is 0.489 e. The van der Waals surface area contributed by atoms with Crippen LogP contribution in [0.2, 0.25) is 0 Å². The molecule has 1 N–H and O–H groups in total. The van der Waals surface area contributed by atoms with Crippen LogP contribution in [0.25, 0.3) is 0 Å². The minimum atomic E-state index is 0.623. The van der Waals surface area contributed by atoms with Crippen molar-refractivity contribution in [2.75, 3.05) is 13.1 Å². The van der Waals surface area contributed by atoms with Gasteiger partial charge < -0.3 is 10.1 Å². The van der Waals surface area contributed by atoms with E-state index in [0.717, 1.165) is 25.3 Å². The van der Waals surface area contributed by atoms with Crippen LogP contribution in [-0.2, 0) is 13.0 Å². The van der Waals surface area contributed by atoms with Crippen molar-refractivity contribution in [3.8, 4) is 5.75 Å². The normalized spacial score (nSPS) is 10.6. The molecular formula is C19H25NO. The Kier molecular flexibility index (Phi) is 5.82. The van der Waals surface area contributed by atoms with E-state index >= 15 is 0 Å². The molecule has 0 heterocycles. The zero-order valence-electron chi connectivity index (χ0n) is 13.3. The van der Waals surface area contributed by atoms with Gasteiger partial charge in [-0.3, -0.25) is 0 Å². The minimum absolute atomic E-state index is 0.623. The van der Waals surface area contributed by atoms with Crippen molar-refractivity contribution in [3.05, 3.63) is 64.7 Å². The first-order valence-corrected chi connectivity index (χ1v) is 7.67. The van der Waals surface area contributed by atoms with Gasteiger partial charge in [0, 0.05) is 0 Å². The Bertz CT molecular complexity index is 560. The summed E-state index contributed by atoms with van der Waals surface area (Å²) in [5, 5.41) is 3.34. The summed E-state index contributed by atoms with van der Waals surface area (Å²) < 4.78 is 5.93. The quantitative estimate of drug-likeness (QED) is 0.775. The summed E-state index contributed by atoms with van der Waals surface area (Å²) in [4.78, 5) is 0. The van der Waals surface area contributed by atoms with Gasteiger partial charge in [-0.2, -0.15) is 0 Å². The third-order valence-electron chi connectivity index (χ3n) is 3.60. The molecule has 0 bridgehead atoms. The predicted molar refractivity (Wildman–Crippen MR) is 88.9 cm³/mol. The zero-order valence-corrected chi connectivity index (χ0v) is 13.3. The van der Waals surface area contributed by atoms with E-state index in [0.29, 0.717) is 6.61 Å². The third kappa shape index (κ3) is 4.91. The number of aryl methyl sites for hydroxylation is 2. The van der Waals surface area contributed by atoms with Crippen LogP contribution in [0.15, 0.2) is 42.5 Å². The number of nitrogens with one attached hydrogen (secondary N) is 1. The second kappa shape index (κ2) is 7.84. The maximum absolute atomic E-state index is 5.93. The fourth-order valence-corrected chi connectivity index (χ4v) is 2.24. The molecule has 0 amide bonds. The van der Waals surface area contributed by atoms with Gasteiger partial charge in [-0.05, 0) is 61.7 Å². The summed E-state index contributed by atoms with van der Waals surface area (Å²) in [7, 11) is 0. The van der Waals surface area contributed by atoms with Gasteiger partial charge in [0.05, 0.1) is 0 Å². The molecule has 0 saturated heterocycles. The van der Waals surface area contributed by atoms with E-state index in [1.807, 2.05) is 0 Å². The Labute approximate surface area is 128 Å². The van der Waals surface area contributed by atoms with Gasteiger partial charge in [0.1, 0.15) is 12.4 Å². The lowest BCUT2D eigenvalue weighted by Gasteiger charge is -2.10. The zero-order chi connectivity index (χ0) is 15.1. The van der Waals surface area contributed by atoms with Gasteiger partial charge in [0.25, 0.3) is 0 Å². The minimum Gasteiger partial charge on any atom is -0.489 e. The highest BCUT2D eigenvalue weighted by atomic mass is 16.5. The molecule has 0 aliphatic rings. The lowest BCUT2D eigenvalue weighted by Crippen LogP contribution is -2.15. The van der Waals surface area contributed by atoms with Crippen LogP contribution < -0.4 is 10.1 Å². The monoisotopic (exact) mass is 283 g/mol. The fourth-order valence-electron chi connectivity index (χ4n) is 2.24. The van der Waals surface area contributed by atoms with Crippen LogP contribution >= 0.6 is 0 Å². The Balaban J connectivity index is 1.90. The summed E-state index contributed by atoms with van der Waals surface area (Å²) in [6, 6.07) is 15.0. The van der Waals surface area contributed by atoms with E-state index in [1.54, 1.807) is 0 Å². The van der Waals surface area contributed by atoms with Gasteiger partial charge in [-0.15, -0.1) is 0 Å². The van der Waals surface area contributed by atoms with E-state index < -0.39 is 0 Å². The molecule has 0 atom stereocenters. The second-order valence-electron chi connectivity index (χ2n) is 5.48. The summed E-state index contributed by atoms with van der Waals surface area (Å²) in [5.74, 6) is 0.978. The van der Waals surface area contributed by atoms with E-state index in [9.17, 15) is 0 Å². The number of ether oxygens (including phenoxy) is 1. The summed E-state index contributed by atoms with van der Waals surface area (Å²) in [6.45, 7) is 8.99. The van der Waals surface area contributed by atoms with Crippen molar-refractivity contribution in [1.82, 2.24) is 5.32 Å². The molecule has 0 aromatic heterocycles. The third-order valence-corrected chi connectivity index (χ3v) is 3.60. The molecular weight excluding hydrogens is 258 g/mol. The molecule has 2 rings (SSSR count). The van der Waals surface area contributed by atoms with Crippen LogP contribution in [0.3, 0.4) is 0 Å². The highest BCUT2D eigenvalue weighted by Crippen LogP contribution is 2.20. The molecule has 0 unspecified atom stereocenters. The molecule has 0 spiro atoms. The van der Waals surface area contributed by atoms with Crippen LogP contribution in [0, 0.1) is 13.8 Å². The SMILES string of the molecule is CCNCCc1ccc(COc2cc(C)ccc2C)cc1. The number of rotatable bonds is 7. The predicted octanol–water partition coefficient (Wildman–Crippen LogP) is 4.03. The first kappa shape index (κ1) is 15.6. The molecule has 0 aliphatic carbocycles. The van der Waals surface area contributed by atoms with Gasteiger partial charge in [0.15, 0.2) is 0 Å². The van der Waals surface area contributed by atoms with Gasteiger partial charge in [0.2, 0.25) is 0 Å². The molecule has 0 radical (unpaired) electrons. The van der Waals surface area contributed by atoms with Gasteiger partial charge in [-0.25, -0.2) is 0 Å². The van der Waals surface area contributed by atoms with Crippen molar-refractivity contribution >= 4 is 0 Å². The van der Waals surface area contributed by atoms with Crippen LogP contribution in [0.4, 0.5) is 0 Å². The maximum Gasteiger partial charge on any atom is 0.122 e. The Morgan fingerprint density at radius 2 is 1.67 bits per heavy atom. The molecule has 2 nitrogen and oxygen atoms in total. The second-order valence-corrected chi connectivity index (χ2v) is 5.48. The first-order valence-electron chi connectivity index (χ1n) is 7.67. The number of likely N-dealkylation sites (N-methyl/N-ethyl adjacent to an activating group) is 1. The molecule has 112 valence electrons. The smallest absolute Gasteiger partial charge is 0.122 e. The van der Waals surface area contributed by atoms with Crippen molar-refractivity contribution < 1.29 is 4.74 Å². The van der Waals surface area contributed by atoms with Crippen molar-refractivity contribution in [2.45, 2.75) is 33.8 Å². The van der Waals surface area contributed by atoms with E-state index in [4.69, 9.17) is 4.74 Å². The van der Waals surface area contributed by atoms with Crippen molar-refractivity contribution in [3.63, 3.8) is 0 Å². The molecule has 2 heteroatoms. The van der Waals surface area contributed by atoms with E-state index in [2.05, 4.69) is 68.6 Å². The molecule has 0 saturated carbocycles. The van der Waals surface area contributed by atoms with E-state index in [1.165, 1.54) is 22.3 Å². The highest BCUT2D eigenvalue weighted by Gasteiger charge is 2.01. The summed E-state index contributed by atoms with van der Waals surface area (Å²) in [5.41, 5.74) is 4.99. The average molecular weight is 283 g/mol. The molecule has 2 aromatic carbocycles. The van der Waals surface area contributed by atoms with Crippen molar-refractivity contribution in [1.29, 1.82) is 0 Å². The van der Waals surface area contributed by atoms with Crippen LogP contribution in [0.5, 0.6) is 5.75 Å². The molecule has 0 fully saturated rings. The lowest BCUT2D eigenvalue weighted by atomic mass is 10.1. The summed E-state index contributed by atoms with van der Waals surface area (Å²) in [6.07, 6.45) is 1.08.